The Bertz CT molecular complexity index is 546. The minimum absolute atomic E-state index is 0.933. The van der Waals surface area contributed by atoms with Crippen molar-refractivity contribution in [3.63, 3.8) is 0 Å². The molecule has 5 bridgehead atoms. The van der Waals surface area contributed by atoms with E-state index in [0.29, 0.717) is 0 Å². The van der Waals surface area contributed by atoms with E-state index < -0.39 is 0 Å². The van der Waals surface area contributed by atoms with E-state index in [2.05, 4.69) is 0 Å². The lowest BCUT2D eigenvalue weighted by molar-refractivity contribution is -0.348. The molecule has 8 fully saturated rings. The van der Waals surface area contributed by atoms with E-state index in [4.69, 9.17) is 0 Å². The largest absolute Gasteiger partial charge is 0.0459 e. The van der Waals surface area contributed by atoms with Gasteiger partial charge in [-0.2, -0.15) is 0 Å². The highest BCUT2D eigenvalue weighted by Gasteiger charge is 2.97. The monoisotopic (exact) mass is 224 g/mol. The summed E-state index contributed by atoms with van der Waals surface area (Å²) in [6.07, 6.45) is 12.1. The van der Waals surface area contributed by atoms with Crippen LogP contribution in [0.5, 0.6) is 0 Å². The van der Waals surface area contributed by atoms with Gasteiger partial charge in [-0.25, -0.2) is 0 Å². The molecule has 0 aromatic rings. The van der Waals surface area contributed by atoms with Crippen LogP contribution >= 0.6 is 0 Å². The molecule has 8 aliphatic rings. The molecule has 0 radical (unpaired) electrons. The highest BCUT2D eigenvalue weighted by molar-refractivity contribution is 5.45. The molecule has 0 nitrogen and oxygen atoms in total. The van der Waals surface area contributed by atoms with Gasteiger partial charge in [0.15, 0.2) is 0 Å². The standard InChI is InChI=1S/C17H20/c1-9-11-4-16-7-17(11)6-14(9)2-8-3-15(5-14,12(8)16)13(16)10(1)17/h8-13H,1-7H2. The first-order chi connectivity index (χ1) is 8.24. The van der Waals surface area contributed by atoms with E-state index in [1.807, 2.05) is 0 Å². The number of hydrogen-bond donors (Lipinski definition) is 0. The van der Waals surface area contributed by atoms with Gasteiger partial charge in [-0.1, -0.05) is 0 Å². The molecule has 0 N–H and O–H groups in total. The van der Waals surface area contributed by atoms with Crippen molar-refractivity contribution in [3.05, 3.63) is 0 Å². The molecule has 4 spiro atoms. The van der Waals surface area contributed by atoms with Crippen LogP contribution in [0.3, 0.4) is 0 Å². The summed E-state index contributed by atoms with van der Waals surface area (Å²) in [4.78, 5) is 0. The van der Waals surface area contributed by atoms with E-state index in [1.54, 1.807) is 44.9 Å². The highest BCUT2D eigenvalue weighted by atomic mass is 15.0. The normalized spacial score (nSPS) is 93.2. The molecule has 0 heteroatoms. The molecule has 0 aliphatic heterocycles. The van der Waals surface area contributed by atoms with Gasteiger partial charge in [-0.3, -0.25) is 0 Å². The van der Waals surface area contributed by atoms with Gasteiger partial charge in [0.05, 0.1) is 0 Å². The summed E-state index contributed by atoms with van der Waals surface area (Å²) < 4.78 is 0. The van der Waals surface area contributed by atoms with Crippen molar-refractivity contribution in [2.45, 2.75) is 44.9 Å². The van der Waals surface area contributed by atoms with Gasteiger partial charge < -0.3 is 0 Å². The predicted molar refractivity (Wildman–Crippen MR) is 63.0 cm³/mol. The van der Waals surface area contributed by atoms with Gasteiger partial charge in [-0.15, -0.1) is 0 Å². The summed E-state index contributed by atoms with van der Waals surface area (Å²) in [6, 6.07) is 0. The van der Waals surface area contributed by atoms with Crippen LogP contribution in [0.15, 0.2) is 0 Å². The van der Waals surface area contributed by atoms with Crippen LogP contribution in [-0.2, 0) is 0 Å². The van der Waals surface area contributed by atoms with Crippen LogP contribution in [0.4, 0.5) is 0 Å². The fourth-order valence-corrected chi connectivity index (χ4v) is 11.8. The van der Waals surface area contributed by atoms with Crippen LogP contribution in [0.2, 0.25) is 0 Å². The van der Waals surface area contributed by atoms with E-state index in [9.17, 15) is 0 Å². The minimum atomic E-state index is 0.933. The zero-order chi connectivity index (χ0) is 10.4. The van der Waals surface area contributed by atoms with Crippen LogP contribution in [0, 0.1) is 57.2 Å². The summed E-state index contributed by atoms with van der Waals surface area (Å²) in [5, 5.41) is 0. The van der Waals surface area contributed by atoms with E-state index in [1.165, 1.54) is 35.5 Å². The second-order valence-electron chi connectivity index (χ2n) is 9.98. The molecule has 0 aromatic carbocycles. The topological polar surface area (TPSA) is 0 Å². The predicted octanol–water partition coefficient (Wildman–Crippen LogP) is 3.47. The molecule has 0 aromatic heterocycles. The second-order valence-corrected chi connectivity index (χ2v) is 9.98. The molecule has 0 saturated heterocycles. The number of hydrogen-bond acceptors (Lipinski definition) is 0. The van der Waals surface area contributed by atoms with Crippen LogP contribution in [0.1, 0.15) is 44.9 Å². The quantitative estimate of drug-likeness (QED) is 0.591. The summed E-state index contributed by atoms with van der Waals surface area (Å²) >= 11 is 0. The molecule has 17 heavy (non-hydrogen) atoms. The number of fused-ring (bicyclic) bond motifs is 1. The number of rotatable bonds is 0. The summed E-state index contributed by atoms with van der Waals surface area (Å²) in [6.45, 7) is 0. The van der Waals surface area contributed by atoms with Gasteiger partial charge in [0.25, 0.3) is 0 Å². The fourth-order valence-electron chi connectivity index (χ4n) is 11.8. The Balaban J connectivity index is 1.64. The first-order valence-corrected chi connectivity index (χ1v) is 8.24. The molecular formula is C17H20. The van der Waals surface area contributed by atoms with Crippen molar-refractivity contribution >= 4 is 0 Å². The lowest BCUT2D eigenvalue weighted by Crippen LogP contribution is -2.77. The maximum absolute atomic E-state index is 1.75. The van der Waals surface area contributed by atoms with Crippen molar-refractivity contribution in [1.29, 1.82) is 0 Å². The van der Waals surface area contributed by atoms with E-state index in [0.717, 1.165) is 21.7 Å². The Kier molecular flexibility index (Phi) is 0.666. The van der Waals surface area contributed by atoms with Gasteiger partial charge in [0, 0.05) is 0 Å². The molecule has 8 saturated carbocycles. The molecule has 0 amide bonds. The first kappa shape index (κ1) is 7.56. The summed E-state index contributed by atoms with van der Waals surface area (Å²) in [5.74, 6) is 7.55. The van der Waals surface area contributed by atoms with Crippen LogP contribution < -0.4 is 0 Å². The smallest absolute Gasteiger partial charge is 0.0216 e. The fraction of sp³-hybridized carbons (Fsp3) is 1.00. The maximum Gasteiger partial charge on any atom is -0.0216 e. The van der Waals surface area contributed by atoms with Crippen LogP contribution in [-0.4, -0.2) is 0 Å². The van der Waals surface area contributed by atoms with Gasteiger partial charge in [-0.05, 0) is 102 Å². The summed E-state index contributed by atoms with van der Waals surface area (Å²) in [5.41, 5.74) is 3.84. The average molecular weight is 224 g/mol. The maximum atomic E-state index is 1.75. The molecule has 88 valence electrons. The molecule has 8 rings (SSSR count). The SMILES string of the molecule is C1C2C3CC45CC36CC23CC2CC(C3)(C24)C5C16. The molecule has 8 aliphatic carbocycles. The lowest BCUT2D eigenvalue weighted by atomic mass is 9.22. The Morgan fingerprint density at radius 2 is 1.53 bits per heavy atom. The third-order valence-corrected chi connectivity index (χ3v) is 10.5. The second kappa shape index (κ2) is 1.50. The van der Waals surface area contributed by atoms with Crippen molar-refractivity contribution in [3.8, 4) is 0 Å². The molecule has 10 unspecified atom stereocenters. The Hall–Kier alpha value is 0. The molecule has 10 atom stereocenters. The Morgan fingerprint density at radius 3 is 2.53 bits per heavy atom. The summed E-state index contributed by atoms with van der Waals surface area (Å²) in [7, 11) is 0. The third-order valence-electron chi connectivity index (χ3n) is 10.5. The van der Waals surface area contributed by atoms with Crippen molar-refractivity contribution in [2.24, 2.45) is 57.2 Å². The lowest BCUT2D eigenvalue weighted by Gasteiger charge is -2.82. The van der Waals surface area contributed by atoms with Crippen molar-refractivity contribution < 1.29 is 0 Å². The third kappa shape index (κ3) is 0.379. The van der Waals surface area contributed by atoms with Gasteiger partial charge in [0.1, 0.15) is 0 Å². The Labute approximate surface area is 103 Å². The Morgan fingerprint density at radius 1 is 0.647 bits per heavy atom. The van der Waals surface area contributed by atoms with E-state index >= 15 is 0 Å². The minimum Gasteiger partial charge on any atom is -0.0459 e. The molecule has 0 heterocycles. The van der Waals surface area contributed by atoms with E-state index in [-0.39, 0.29) is 0 Å². The van der Waals surface area contributed by atoms with Gasteiger partial charge in [0.2, 0.25) is 0 Å². The molecular weight excluding hydrogens is 204 g/mol. The van der Waals surface area contributed by atoms with Gasteiger partial charge >= 0.3 is 0 Å². The zero-order valence-corrected chi connectivity index (χ0v) is 10.4. The van der Waals surface area contributed by atoms with Crippen molar-refractivity contribution in [2.75, 3.05) is 0 Å². The highest BCUT2D eigenvalue weighted by Crippen LogP contribution is 3.03. The first-order valence-electron chi connectivity index (χ1n) is 8.24. The van der Waals surface area contributed by atoms with Crippen LogP contribution in [0.25, 0.3) is 0 Å². The zero-order valence-electron chi connectivity index (χ0n) is 10.4. The average Bonchev–Trinajstić information content (AvgIpc) is 2.79. The van der Waals surface area contributed by atoms with Crippen molar-refractivity contribution in [1.82, 2.24) is 0 Å².